The van der Waals surface area contributed by atoms with Crippen LogP contribution in [0.2, 0.25) is 0 Å². The number of rotatable bonds is 4. The minimum Gasteiger partial charge on any atom is -0.293 e. The molecule has 1 aliphatic rings. The second kappa shape index (κ2) is 5.44. The highest BCUT2D eigenvalue weighted by atomic mass is 32.2. The zero-order valence-electron chi connectivity index (χ0n) is 11.8. The molecule has 0 saturated heterocycles. The lowest BCUT2D eigenvalue weighted by Gasteiger charge is -2.04. The van der Waals surface area contributed by atoms with Crippen LogP contribution in [-0.2, 0) is 19.9 Å². The molecule has 2 aromatic rings. The van der Waals surface area contributed by atoms with E-state index < -0.39 is 0 Å². The highest BCUT2D eigenvalue weighted by Gasteiger charge is 2.14. The summed E-state index contributed by atoms with van der Waals surface area (Å²) in [4.78, 5) is 12.3. The van der Waals surface area contributed by atoms with Crippen molar-refractivity contribution in [2.75, 3.05) is 5.75 Å². The molecule has 0 spiro atoms. The molecule has 1 aliphatic carbocycles. The Morgan fingerprint density at radius 3 is 2.85 bits per heavy atom. The molecule has 0 fully saturated rings. The summed E-state index contributed by atoms with van der Waals surface area (Å²) in [5.41, 5.74) is 4.60. The fraction of sp³-hybridized carbons (Fsp3) is 0.375. The summed E-state index contributed by atoms with van der Waals surface area (Å²) in [5.74, 6) is 0.668. The molecule has 1 heterocycles. The molecule has 0 N–H and O–H groups in total. The number of benzene rings is 1. The minimum atomic E-state index is 0.198. The lowest BCUT2D eigenvalue weighted by atomic mass is 10.0. The number of carbonyl (C=O) groups excluding carboxylic acids is 1. The highest BCUT2D eigenvalue weighted by Crippen LogP contribution is 2.24. The van der Waals surface area contributed by atoms with Crippen molar-refractivity contribution in [2.24, 2.45) is 7.05 Å². The van der Waals surface area contributed by atoms with Crippen molar-refractivity contribution in [2.45, 2.75) is 31.2 Å². The molecule has 20 heavy (non-hydrogen) atoms. The van der Waals surface area contributed by atoms with Crippen molar-refractivity contribution < 1.29 is 4.79 Å². The first-order valence-electron chi connectivity index (χ1n) is 6.92. The third-order valence-corrected chi connectivity index (χ3v) is 4.82. The van der Waals surface area contributed by atoms with E-state index in [1.165, 1.54) is 17.5 Å². The number of aromatic nitrogens is 2. The van der Waals surface area contributed by atoms with Crippen LogP contribution in [0, 0.1) is 6.92 Å². The van der Waals surface area contributed by atoms with Gasteiger partial charge in [0.05, 0.1) is 16.5 Å². The smallest absolute Gasteiger partial charge is 0.173 e. The Bertz CT molecular complexity index is 660. The fourth-order valence-corrected chi connectivity index (χ4v) is 3.62. The second-order valence-corrected chi connectivity index (χ2v) is 6.29. The van der Waals surface area contributed by atoms with Crippen LogP contribution in [0.1, 0.15) is 33.6 Å². The Labute approximate surface area is 123 Å². The van der Waals surface area contributed by atoms with E-state index in [9.17, 15) is 4.79 Å². The molecule has 3 rings (SSSR count). The van der Waals surface area contributed by atoms with Gasteiger partial charge in [-0.15, -0.1) is 0 Å². The molecule has 0 amide bonds. The van der Waals surface area contributed by atoms with E-state index in [0.29, 0.717) is 5.75 Å². The lowest BCUT2D eigenvalue weighted by Crippen LogP contribution is -2.04. The SMILES string of the molecule is Cc1cc(SCC(=O)c2ccc3c(c2)CCC3)n(C)n1. The maximum absolute atomic E-state index is 12.3. The fourth-order valence-electron chi connectivity index (χ4n) is 2.69. The molecule has 0 saturated carbocycles. The number of carbonyl (C=O) groups is 1. The zero-order chi connectivity index (χ0) is 14.1. The van der Waals surface area contributed by atoms with E-state index in [-0.39, 0.29) is 5.78 Å². The third-order valence-electron chi connectivity index (χ3n) is 3.73. The summed E-state index contributed by atoms with van der Waals surface area (Å²) in [7, 11) is 1.91. The highest BCUT2D eigenvalue weighted by molar-refractivity contribution is 7.99. The molecule has 0 bridgehead atoms. The van der Waals surface area contributed by atoms with Gasteiger partial charge in [-0.3, -0.25) is 9.48 Å². The molecule has 1 aromatic heterocycles. The van der Waals surface area contributed by atoms with Gasteiger partial charge in [0.1, 0.15) is 0 Å². The zero-order valence-corrected chi connectivity index (χ0v) is 12.7. The average Bonchev–Trinajstić information content (AvgIpc) is 3.01. The van der Waals surface area contributed by atoms with Gasteiger partial charge in [0.15, 0.2) is 5.78 Å². The summed E-state index contributed by atoms with van der Waals surface area (Å²) < 4.78 is 1.83. The standard InChI is InChI=1S/C16H18N2OS/c1-11-8-16(18(2)17-11)20-10-15(19)14-7-6-12-4-3-5-13(12)9-14/h6-9H,3-5,10H2,1-2H3. The molecule has 1 aromatic carbocycles. The number of hydrogen-bond acceptors (Lipinski definition) is 3. The Morgan fingerprint density at radius 1 is 1.30 bits per heavy atom. The van der Waals surface area contributed by atoms with Gasteiger partial charge in [-0.05, 0) is 49.4 Å². The first kappa shape index (κ1) is 13.4. The van der Waals surface area contributed by atoms with Gasteiger partial charge in [-0.2, -0.15) is 5.10 Å². The molecule has 3 nitrogen and oxygen atoms in total. The molecule has 0 atom stereocenters. The average molecular weight is 286 g/mol. The van der Waals surface area contributed by atoms with Crippen molar-refractivity contribution in [3.05, 3.63) is 46.6 Å². The van der Waals surface area contributed by atoms with Crippen LogP contribution in [0.3, 0.4) is 0 Å². The van der Waals surface area contributed by atoms with Gasteiger partial charge in [-0.1, -0.05) is 23.9 Å². The number of aryl methyl sites for hydroxylation is 4. The van der Waals surface area contributed by atoms with Gasteiger partial charge >= 0.3 is 0 Å². The van der Waals surface area contributed by atoms with Crippen LogP contribution in [0.15, 0.2) is 29.3 Å². The van der Waals surface area contributed by atoms with Gasteiger partial charge in [0.25, 0.3) is 0 Å². The van der Waals surface area contributed by atoms with Crippen LogP contribution in [-0.4, -0.2) is 21.3 Å². The monoisotopic (exact) mass is 286 g/mol. The largest absolute Gasteiger partial charge is 0.293 e. The Balaban J connectivity index is 1.69. The molecular weight excluding hydrogens is 268 g/mol. The van der Waals surface area contributed by atoms with E-state index in [1.807, 2.05) is 30.8 Å². The van der Waals surface area contributed by atoms with Gasteiger partial charge < -0.3 is 0 Å². The van der Waals surface area contributed by atoms with Crippen molar-refractivity contribution in [1.29, 1.82) is 0 Å². The van der Waals surface area contributed by atoms with Gasteiger partial charge in [0.2, 0.25) is 0 Å². The molecule has 104 valence electrons. The summed E-state index contributed by atoms with van der Waals surface area (Å²) in [5, 5.41) is 5.33. The van der Waals surface area contributed by atoms with E-state index in [1.54, 1.807) is 11.8 Å². The lowest BCUT2D eigenvalue weighted by molar-refractivity contribution is 0.102. The Hall–Kier alpha value is -1.55. The number of Topliss-reactive ketones (excluding diaryl/α,β-unsaturated/α-hetero) is 1. The van der Waals surface area contributed by atoms with E-state index in [0.717, 1.165) is 29.1 Å². The van der Waals surface area contributed by atoms with Crippen molar-refractivity contribution in [1.82, 2.24) is 9.78 Å². The Morgan fingerprint density at radius 2 is 2.10 bits per heavy atom. The first-order valence-corrected chi connectivity index (χ1v) is 7.90. The van der Waals surface area contributed by atoms with Crippen molar-refractivity contribution in [3.8, 4) is 0 Å². The summed E-state index contributed by atoms with van der Waals surface area (Å²) in [6, 6.07) is 8.19. The molecule has 0 radical (unpaired) electrons. The molecule has 0 aliphatic heterocycles. The molecule has 4 heteroatoms. The number of fused-ring (bicyclic) bond motifs is 1. The molecule has 0 unspecified atom stereocenters. The minimum absolute atomic E-state index is 0.198. The first-order chi connectivity index (χ1) is 9.63. The number of nitrogens with zero attached hydrogens (tertiary/aromatic N) is 2. The second-order valence-electron chi connectivity index (χ2n) is 5.30. The Kier molecular flexibility index (Phi) is 3.66. The maximum atomic E-state index is 12.3. The van der Waals surface area contributed by atoms with E-state index >= 15 is 0 Å². The topological polar surface area (TPSA) is 34.9 Å². The maximum Gasteiger partial charge on any atom is 0.173 e. The quantitative estimate of drug-likeness (QED) is 0.639. The summed E-state index contributed by atoms with van der Waals surface area (Å²) in [6.45, 7) is 1.96. The summed E-state index contributed by atoms with van der Waals surface area (Å²) in [6.07, 6.45) is 3.49. The predicted octanol–water partition coefficient (Wildman–Crippen LogP) is 3.19. The van der Waals surface area contributed by atoms with Gasteiger partial charge in [0, 0.05) is 12.6 Å². The third kappa shape index (κ3) is 2.66. The normalized spacial score (nSPS) is 13.5. The van der Waals surface area contributed by atoms with E-state index in [2.05, 4.69) is 17.2 Å². The van der Waals surface area contributed by atoms with Crippen LogP contribution in [0.4, 0.5) is 0 Å². The van der Waals surface area contributed by atoms with Crippen LogP contribution >= 0.6 is 11.8 Å². The summed E-state index contributed by atoms with van der Waals surface area (Å²) >= 11 is 1.56. The van der Waals surface area contributed by atoms with Crippen LogP contribution in [0.5, 0.6) is 0 Å². The van der Waals surface area contributed by atoms with Crippen LogP contribution < -0.4 is 0 Å². The van der Waals surface area contributed by atoms with E-state index in [4.69, 9.17) is 0 Å². The number of ketones is 1. The number of thioether (sulfide) groups is 1. The predicted molar refractivity (Wildman–Crippen MR) is 81.5 cm³/mol. The molecular formula is C16H18N2OS. The van der Waals surface area contributed by atoms with Crippen molar-refractivity contribution >= 4 is 17.5 Å². The number of hydrogen-bond donors (Lipinski definition) is 0. The van der Waals surface area contributed by atoms with Gasteiger partial charge in [-0.25, -0.2) is 0 Å². The van der Waals surface area contributed by atoms with Crippen molar-refractivity contribution in [3.63, 3.8) is 0 Å². The van der Waals surface area contributed by atoms with Crippen LogP contribution in [0.25, 0.3) is 0 Å².